The molecule has 2 unspecified atom stereocenters. The third kappa shape index (κ3) is 10.6. The van der Waals surface area contributed by atoms with Gasteiger partial charge in [-0.3, -0.25) is 9.59 Å². The zero-order valence-electron chi connectivity index (χ0n) is 25.1. The van der Waals surface area contributed by atoms with Crippen LogP contribution in [-0.4, -0.2) is 41.4 Å². The Balaban J connectivity index is 1.85. The van der Waals surface area contributed by atoms with Gasteiger partial charge in [-0.15, -0.1) is 0 Å². The van der Waals surface area contributed by atoms with Crippen molar-refractivity contribution in [1.29, 1.82) is 0 Å². The molecule has 0 bridgehead atoms. The van der Waals surface area contributed by atoms with Gasteiger partial charge < -0.3 is 20.0 Å². The van der Waals surface area contributed by atoms with Crippen molar-refractivity contribution >= 4 is 18.1 Å². The fraction of sp³-hybridized carbons (Fsp3) is 0.424. The Labute approximate surface area is 250 Å². The van der Waals surface area contributed by atoms with E-state index in [4.69, 9.17) is 14.7 Å². The molecule has 0 aliphatic heterocycles. The van der Waals surface area contributed by atoms with Crippen LogP contribution in [0.3, 0.4) is 0 Å². The predicted molar refractivity (Wildman–Crippen MR) is 160 cm³/mol. The molecule has 2 aromatic rings. The average Bonchev–Trinajstić information content (AvgIpc) is 2.91. The number of alkyl halides is 3. The Kier molecular flexibility index (Phi) is 11.2. The van der Waals surface area contributed by atoms with E-state index in [2.05, 4.69) is 24.3 Å². The quantitative estimate of drug-likeness (QED) is 0.195. The van der Waals surface area contributed by atoms with Crippen LogP contribution in [0.4, 0.5) is 13.2 Å². The van der Waals surface area contributed by atoms with Crippen LogP contribution < -0.4 is 10.1 Å². The van der Waals surface area contributed by atoms with Crippen molar-refractivity contribution in [3.63, 3.8) is 0 Å². The second kappa shape index (κ2) is 14.4. The lowest BCUT2D eigenvalue weighted by Gasteiger charge is -2.25. The fourth-order valence-electron chi connectivity index (χ4n) is 4.40. The van der Waals surface area contributed by atoms with E-state index in [0.29, 0.717) is 41.2 Å². The molecule has 7 nitrogen and oxygen atoms in total. The smallest absolute Gasteiger partial charge is 0.416 e. The number of nitrogens with zero attached hydrogens (tertiary/aromatic N) is 1. The van der Waals surface area contributed by atoms with Gasteiger partial charge in [0.1, 0.15) is 17.5 Å². The normalized spacial score (nSPS) is 16.2. The minimum absolute atomic E-state index is 0.0725. The summed E-state index contributed by atoms with van der Waals surface area (Å²) in [6, 6.07) is 10.3. The number of ether oxygens (including phenoxy) is 1. The zero-order valence-corrected chi connectivity index (χ0v) is 25.1. The molecular formula is C33H39F3N2O5. The zero-order chi connectivity index (χ0) is 31.8. The Bertz CT molecular complexity index is 1360. The lowest BCUT2D eigenvalue weighted by atomic mass is 9.90. The van der Waals surface area contributed by atoms with E-state index in [1.54, 1.807) is 24.3 Å². The highest BCUT2D eigenvalue weighted by atomic mass is 19.4. The van der Waals surface area contributed by atoms with E-state index in [9.17, 15) is 22.8 Å². The van der Waals surface area contributed by atoms with Gasteiger partial charge in [0, 0.05) is 12.1 Å². The molecule has 0 heterocycles. The van der Waals surface area contributed by atoms with Crippen LogP contribution in [0.15, 0.2) is 71.4 Å². The maximum absolute atomic E-state index is 13.1. The van der Waals surface area contributed by atoms with E-state index in [1.165, 1.54) is 18.3 Å². The standard InChI is InChI=1S/C33H39F3N2O5/c1-21(2)18-29(23-6-8-24(9-7-23)31(41)37-17-16-30(39)40)42-27-14-15-28(25(19-27)20-38-43-32(3,4)5)22-10-12-26(13-11-22)33(34,35)36/h6-8,10-15,19-21,24,29H,9,16-18H2,1-5H3,(H,37,41)(H,39,40)/b38-20+. The number of halogens is 3. The Morgan fingerprint density at radius 2 is 1.81 bits per heavy atom. The molecule has 0 fully saturated rings. The summed E-state index contributed by atoms with van der Waals surface area (Å²) in [6.07, 6.45) is 3.42. The van der Waals surface area contributed by atoms with Crippen molar-refractivity contribution in [1.82, 2.24) is 5.32 Å². The van der Waals surface area contributed by atoms with Gasteiger partial charge in [0.2, 0.25) is 5.91 Å². The second-order valence-corrected chi connectivity index (χ2v) is 11.8. The second-order valence-electron chi connectivity index (χ2n) is 11.8. The number of carbonyl (C=O) groups excluding carboxylic acids is 1. The number of aliphatic carboxylic acids is 1. The monoisotopic (exact) mass is 600 g/mol. The van der Waals surface area contributed by atoms with Gasteiger partial charge in [0.25, 0.3) is 0 Å². The lowest BCUT2D eigenvalue weighted by molar-refractivity contribution is -0.138. The SMILES string of the molecule is CC(C)CC(Oc1ccc(-c2ccc(C(F)(F)F)cc2)c(/C=N/OC(C)(C)C)c1)C1=CCC(C(=O)NCCC(=O)O)C=C1. The van der Waals surface area contributed by atoms with Crippen molar-refractivity contribution in [2.24, 2.45) is 17.0 Å². The molecule has 2 N–H and O–H groups in total. The molecule has 1 amide bonds. The number of amides is 1. The number of carbonyl (C=O) groups is 2. The Morgan fingerprint density at radius 3 is 2.37 bits per heavy atom. The molecular weight excluding hydrogens is 561 g/mol. The molecule has 3 rings (SSSR count). The molecule has 2 aromatic carbocycles. The first-order chi connectivity index (χ1) is 20.1. The van der Waals surface area contributed by atoms with E-state index in [1.807, 2.05) is 32.9 Å². The van der Waals surface area contributed by atoms with Crippen LogP contribution in [-0.2, 0) is 20.6 Å². The van der Waals surface area contributed by atoms with E-state index in [-0.39, 0.29) is 25.0 Å². The lowest BCUT2D eigenvalue weighted by Crippen LogP contribution is -2.32. The Hall–Kier alpha value is -4.08. The summed E-state index contributed by atoms with van der Waals surface area (Å²) in [5, 5.41) is 15.6. The van der Waals surface area contributed by atoms with Crippen LogP contribution in [0.1, 0.15) is 65.0 Å². The topological polar surface area (TPSA) is 97.2 Å². The molecule has 1 aliphatic carbocycles. The fourth-order valence-corrected chi connectivity index (χ4v) is 4.40. The summed E-state index contributed by atoms with van der Waals surface area (Å²) in [6.45, 7) is 9.80. The van der Waals surface area contributed by atoms with Crippen molar-refractivity contribution < 1.29 is 37.4 Å². The van der Waals surface area contributed by atoms with Crippen molar-refractivity contribution in [2.45, 2.75) is 71.8 Å². The van der Waals surface area contributed by atoms with Crippen molar-refractivity contribution in [2.75, 3.05) is 6.54 Å². The highest BCUT2D eigenvalue weighted by molar-refractivity contribution is 5.91. The number of allylic oxidation sites excluding steroid dienone is 1. The molecule has 0 spiro atoms. The van der Waals surface area contributed by atoms with Crippen LogP contribution in [0.25, 0.3) is 11.1 Å². The summed E-state index contributed by atoms with van der Waals surface area (Å²) in [4.78, 5) is 28.7. The number of oxime groups is 1. The molecule has 2 atom stereocenters. The number of rotatable bonds is 12. The van der Waals surface area contributed by atoms with Gasteiger partial charge in [-0.1, -0.05) is 55.4 Å². The first kappa shape index (κ1) is 33.4. The summed E-state index contributed by atoms with van der Waals surface area (Å²) >= 11 is 0. The van der Waals surface area contributed by atoms with Crippen molar-refractivity contribution in [3.8, 4) is 16.9 Å². The summed E-state index contributed by atoms with van der Waals surface area (Å²) in [5.74, 6) is -0.760. The van der Waals surface area contributed by atoms with Gasteiger partial charge >= 0.3 is 12.1 Å². The molecule has 0 aromatic heterocycles. The van der Waals surface area contributed by atoms with Gasteiger partial charge in [-0.25, -0.2) is 0 Å². The third-order valence-electron chi connectivity index (χ3n) is 6.50. The van der Waals surface area contributed by atoms with Gasteiger partial charge in [0.15, 0.2) is 0 Å². The highest BCUT2D eigenvalue weighted by Crippen LogP contribution is 2.34. The maximum Gasteiger partial charge on any atom is 0.416 e. The molecule has 1 aliphatic rings. The molecule has 43 heavy (non-hydrogen) atoms. The first-order valence-corrected chi connectivity index (χ1v) is 14.2. The molecule has 0 saturated heterocycles. The van der Waals surface area contributed by atoms with E-state index >= 15 is 0 Å². The van der Waals surface area contributed by atoms with Crippen LogP contribution in [0.5, 0.6) is 5.75 Å². The minimum atomic E-state index is -4.43. The van der Waals surface area contributed by atoms with E-state index in [0.717, 1.165) is 17.7 Å². The van der Waals surface area contributed by atoms with Gasteiger partial charge in [-0.05, 0) is 80.5 Å². The van der Waals surface area contributed by atoms with Crippen LogP contribution in [0, 0.1) is 11.8 Å². The van der Waals surface area contributed by atoms with Gasteiger partial charge in [0.05, 0.1) is 24.1 Å². The summed E-state index contributed by atoms with van der Waals surface area (Å²) < 4.78 is 45.9. The number of hydrogen-bond donors (Lipinski definition) is 2. The third-order valence-corrected chi connectivity index (χ3v) is 6.50. The number of carboxylic acid groups (broad SMARTS) is 1. The molecule has 0 radical (unpaired) electrons. The maximum atomic E-state index is 13.1. The molecule has 10 heteroatoms. The van der Waals surface area contributed by atoms with Gasteiger partial charge in [-0.2, -0.15) is 13.2 Å². The number of benzene rings is 2. The summed E-state index contributed by atoms with van der Waals surface area (Å²) in [5.41, 5.74) is 1.51. The minimum Gasteiger partial charge on any atom is -0.486 e. The van der Waals surface area contributed by atoms with E-state index < -0.39 is 29.2 Å². The summed E-state index contributed by atoms with van der Waals surface area (Å²) in [7, 11) is 0. The number of hydrogen-bond acceptors (Lipinski definition) is 5. The molecule has 0 saturated carbocycles. The largest absolute Gasteiger partial charge is 0.486 e. The number of nitrogens with one attached hydrogen (secondary N) is 1. The van der Waals surface area contributed by atoms with Crippen LogP contribution >= 0.6 is 0 Å². The number of carboxylic acids is 1. The first-order valence-electron chi connectivity index (χ1n) is 14.2. The highest BCUT2D eigenvalue weighted by Gasteiger charge is 2.30. The average molecular weight is 601 g/mol. The van der Waals surface area contributed by atoms with Crippen LogP contribution in [0.2, 0.25) is 0 Å². The Morgan fingerprint density at radius 1 is 1.12 bits per heavy atom. The van der Waals surface area contributed by atoms with Crippen molar-refractivity contribution in [3.05, 3.63) is 77.4 Å². The predicted octanol–water partition coefficient (Wildman–Crippen LogP) is 7.41. The molecule has 232 valence electrons.